The molecule has 0 unspecified atom stereocenters. The molecular formula is C27H31N3O2S. The lowest BCUT2D eigenvalue weighted by Crippen LogP contribution is -2.35. The maximum absolute atomic E-state index is 12.6. The van der Waals surface area contributed by atoms with E-state index < -0.39 is 0 Å². The summed E-state index contributed by atoms with van der Waals surface area (Å²) in [6, 6.07) is 18.5. The Morgan fingerprint density at radius 1 is 1.09 bits per heavy atom. The minimum atomic E-state index is -0.179. The highest BCUT2D eigenvalue weighted by atomic mass is 32.1. The van der Waals surface area contributed by atoms with E-state index in [9.17, 15) is 4.79 Å². The number of carbonyl (C=O) groups is 1. The summed E-state index contributed by atoms with van der Waals surface area (Å²) in [5.41, 5.74) is 4.37. The molecule has 1 fully saturated rings. The molecule has 6 heteroatoms. The first-order valence-electron chi connectivity index (χ1n) is 11.3. The average molecular weight is 462 g/mol. The van der Waals surface area contributed by atoms with Gasteiger partial charge in [0.05, 0.1) is 18.9 Å². The molecule has 1 amide bonds. The van der Waals surface area contributed by atoms with Crippen LogP contribution in [0.25, 0.3) is 17.3 Å². The number of carbonyl (C=O) groups excluding carboxylic acids is 1. The summed E-state index contributed by atoms with van der Waals surface area (Å²) in [4.78, 5) is 20.9. The van der Waals surface area contributed by atoms with Crippen LogP contribution in [0.15, 0.2) is 60.7 Å². The van der Waals surface area contributed by atoms with Crippen molar-refractivity contribution in [2.75, 3.05) is 31.6 Å². The Kier molecular flexibility index (Phi) is 7.38. The van der Waals surface area contributed by atoms with Crippen molar-refractivity contribution in [3.8, 4) is 11.3 Å². The number of amides is 1. The number of morpholine rings is 1. The smallest absolute Gasteiger partial charge is 0.250 e. The lowest BCUT2D eigenvalue weighted by Gasteiger charge is -2.26. The van der Waals surface area contributed by atoms with Crippen molar-refractivity contribution in [3.05, 3.63) is 76.7 Å². The highest BCUT2D eigenvalue weighted by Crippen LogP contribution is 2.32. The molecule has 5 nitrogen and oxygen atoms in total. The molecule has 1 saturated heterocycles. The summed E-state index contributed by atoms with van der Waals surface area (Å²) in [5, 5.41) is 3.57. The Bertz CT molecular complexity index is 1090. The number of nitrogens with zero attached hydrogens (tertiary/aromatic N) is 2. The van der Waals surface area contributed by atoms with Crippen molar-refractivity contribution in [2.24, 2.45) is 0 Å². The van der Waals surface area contributed by atoms with E-state index in [-0.39, 0.29) is 11.3 Å². The zero-order chi connectivity index (χ0) is 23.3. The van der Waals surface area contributed by atoms with Crippen molar-refractivity contribution in [1.29, 1.82) is 0 Å². The average Bonchev–Trinajstić information content (AvgIpc) is 3.20. The van der Waals surface area contributed by atoms with Crippen LogP contribution in [0.5, 0.6) is 0 Å². The van der Waals surface area contributed by atoms with Crippen molar-refractivity contribution >= 4 is 28.5 Å². The molecule has 1 aliphatic heterocycles. The van der Waals surface area contributed by atoms with E-state index in [1.807, 2.05) is 36.4 Å². The van der Waals surface area contributed by atoms with Gasteiger partial charge < -0.3 is 4.74 Å². The molecule has 2 heterocycles. The molecular weight excluding hydrogens is 430 g/mol. The third kappa shape index (κ3) is 6.38. The number of hydrogen-bond donors (Lipinski definition) is 1. The fourth-order valence-corrected chi connectivity index (χ4v) is 4.74. The van der Waals surface area contributed by atoms with Crippen LogP contribution in [0, 0.1) is 0 Å². The van der Waals surface area contributed by atoms with Crippen LogP contribution in [0.3, 0.4) is 0 Å². The molecule has 0 aliphatic carbocycles. The number of benzene rings is 2. The van der Waals surface area contributed by atoms with E-state index >= 15 is 0 Å². The van der Waals surface area contributed by atoms with Gasteiger partial charge in [-0.2, -0.15) is 0 Å². The zero-order valence-electron chi connectivity index (χ0n) is 19.5. The normalized spacial score (nSPS) is 15.1. The van der Waals surface area contributed by atoms with E-state index in [0.717, 1.165) is 54.5 Å². The number of rotatable bonds is 6. The lowest BCUT2D eigenvalue weighted by molar-refractivity contribution is -0.111. The summed E-state index contributed by atoms with van der Waals surface area (Å²) >= 11 is 1.54. The van der Waals surface area contributed by atoms with Crippen LogP contribution in [0.4, 0.5) is 5.13 Å². The van der Waals surface area contributed by atoms with E-state index in [1.54, 1.807) is 17.4 Å². The first kappa shape index (κ1) is 23.4. The molecule has 1 aliphatic rings. The van der Waals surface area contributed by atoms with Crippen molar-refractivity contribution in [2.45, 2.75) is 32.7 Å². The van der Waals surface area contributed by atoms with Gasteiger partial charge >= 0.3 is 0 Å². The number of hydrogen-bond acceptors (Lipinski definition) is 5. The maximum Gasteiger partial charge on any atom is 0.250 e. The first-order valence-corrected chi connectivity index (χ1v) is 12.1. The summed E-state index contributed by atoms with van der Waals surface area (Å²) in [6.45, 7) is 10.7. The molecule has 0 radical (unpaired) electrons. The Balaban J connectivity index is 1.47. The van der Waals surface area contributed by atoms with Crippen molar-refractivity contribution < 1.29 is 9.53 Å². The van der Waals surface area contributed by atoms with Gasteiger partial charge in [-0.15, -0.1) is 0 Å². The zero-order valence-corrected chi connectivity index (χ0v) is 20.3. The molecule has 172 valence electrons. The molecule has 1 aromatic heterocycles. The molecule has 4 rings (SSSR count). The SMILES string of the molecule is CC(C)(C)c1ccc(/C=C/C(=O)Nc2nc(-c3ccccc3)c(CN3CCOCC3)s2)cc1. The summed E-state index contributed by atoms with van der Waals surface area (Å²) in [7, 11) is 0. The molecule has 0 spiro atoms. The van der Waals surface area contributed by atoms with Crippen LogP contribution in [0.1, 0.15) is 36.8 Å². The monoisotopic (exact) mass is 461 g/mol. The maximum atomic E-state index is 12.6. The molecule has 0 bridgehead atoms. The van der Waals surface area contributed by atoms with Gasteiger partial charge in [0.15, 0.2) is 5.13 Å². The number of aromatic nitrogens is 1. The number of thiazole rings is 1. The predicted octanol–water partition coefficient (Wildman–Crippen LogP) is 5.59. The van der Waals surface area contributed by atoms with Gasteiger partial charge in [0, 0.05) is 36.2 Å². The van der Waals surface area contributed by atoms with Crippen LogP contribution < -0.4 is 5.32 Å². The fourth-order valence-electron chi connectivity index (χ4n) is 3.71. The van der Waals surface area contributed by atoms with E-state index in [2.05, 4.69) is 55.3 Å². The Morgan fingerprint density at radius 2 is 1.79 bits per heavy atom. The Labute approximate surface area is 200 Å². The number of anilines is 1. The van der Waals surface area contributed by atoms with Gasteiger partial charge in [-0.25, -0.2) is 4.98 Å². The third-order valence-corrected chi connectivity index (χ3v) is 6.61. The second kappa shape index (κ2) is 10.4. The number of nitrogens with one attached hydrogen (secondary N) is 1. The van der Waals surface area contributed by atoms with E-state index in [1.165, 1.54) is 5.56 Å². The molecule has 2 aromatic carbocycles. The summed E-state index contributed by atoms with van der Waals surface area (Å²) in [5.74, 6) is -0.179. The van der Waals surface area contributed by atoms with E-state index in [0.29, 0.717) is 5.13 Å². The standard InChI is InChI=1S/C27H31N3O2S/c1-27(2,3)22-12-9-20(10-13-22)11-14-24(31)28-26-29-25(21-7-5-4-6-8-21)23(33-26)19-30-15-17-32-18-16-30/h4-14H,15-19H2,1-3H3,(H,28,29,31)/b14-11+. The Morgan fingerprint density at radius 3 is 2.45 bits per heavy atom. The molecule has 1 N–H and O–H groups in total. The number of ether oxygens (including phenoxy) is 1. The highest BCUT2D eigenvalue weighted by molar-refractivity contribution is 7.16. The van der Waals surface area contributed by atoms with Crippen LogP contribution in [-0.4, -0.2) is 42.1 Å². The van der Waals surface area contributed by atoms with Crippen molar-refractivity contribution in [1.82, 2.24) is 9.88 Å². The second-order valence-corrected chi connectivity index (χ2v) is 10.3. The van der Waals surface area contributed by atoms with Crippen LogP contribution in [0.2, 0.25) is 0 Å². The third-order valence-electron chi connectivity index (χ3n) is 5.65. The van der Waals surface area contributed by atoms with Gasteiger partial charge in [-0.05, 0) is 22.6 Å². The fraction of sp³-hybridized carbons (Fsp3) is 0.333. The largest absolute Gasteiger partial charge is 0.379 e. The van der Waals surface area contributed by atoms with Crippen molar-refractivity contribution in [3.63, 3.8) is 0 Å². The highest BCUT2D eigenvalue weighted by Gasteiger charge is 2.19. The predicted molar refractivity (Wildman–Crippen MR) is 136 cm³/mol. The summed E-state index contributed by atoms with van der Waals surface area (Å²) < 4.78 is 5.48. The van der Waals surface area contributed by atoms with Gasteiger partial charge in [-0.3, -0.25) is 15.0 Å². The first-order chi connectivity index (χ1) is 15.9. The summed E-state index contributed by atoms with van der Waals surface area (Å²) in [6.07, 6.45) is 3.40. The lowest BCUT2D eigenvalue weighted by atomic mass is 9.87. The minimum absolute atomic E-state index is 0.111. The van der Waals surface area contributed by atoms with Crippen LogP contribution in [-0.2, 0) is 21.5 Å². The van der Waals surface area contributed by atoms with Gasteiger partial charge in [0.25, 0.3) is 0 Å². The topological polar surface area (TPSA) is 54.5 Å². The quantitative estimate of drug-likeness (QED) is 0.486. The Hall–Kier alpha value is -2.80. The molecule has 0 atom stereocenters. The molecule has 0 saturated carbocycles. The van der Waals surface area contributed by atoms with E-state index in [4.69, 9.17) is 9.72 Å². The van der Waals surface area contributed by atoms with Gasteiger partial charge in [0.1, 0.15) is 0 Å². The second-order valence-electron chi connectivity index (χ2n) is 9.24. The van der Waals surface area contributed by atoms with Crippen LogP contribution >= 0.6 is 11.3 Å². The van der Waals surface area contributed by atoms with Gasteiger partial charge in [-0.1, -0.05) is 86.7 Å². The molecule has 3 aromatic rings. The molecule has 33 heavy (non-hydrogen) atoms. The van der Waals surface area contributed by atoms with Gasteiger partial charge in [0.2, 0.25) is 5.91 Å². The minimum Gasteiger partial charge on any atom is -0.379 e.